The van der Waals surface area contributed by atoms with Crippen molar-refractivity contribution >= 4 is 22.4 Å². The fourth-order valence-electron chi connectivity index (χ4n) is 2.18. The summed E-state index contributed by atoms with van der Waals surface area (Å²) in [7, 11) is 3.11. The normalized spacial score (nSPS) is 19.3. The van der Waals surface area contributed by atoms with Gasteiger partial charge in [-0.1, -0.05) is 0 Å². The van der Waals surface area contributed by atoms with Crippen molar-refractivity contribution in [2.24, 2.45) is 5.92 Å². The Bertz CT molecular complexity index is 433. The molecule has 1 aliphatic heterocycles. The van der Waals surface area contributed by atoms with Gasteiger partial charge in [0.25, 0.3) is 0 Å². The average molecular weight is 270 g/mol. The summed E-state index contributed by atoms with van der Waals surface area (Å²) in [5.74, 6) is 0.198. The van der Waals surface area contributed by atoms with Crippen LogP contribution in [-0.4, -0.2) is 44.9 Å². The van der Waals surface area contributed by atoms with Crippen LogP contribution < -0.4 is 4.90 Å². The van der Waals surface area contributed by atoms with E-state index in [0.717, 1.165) is 36.1 Å². The summed E-state index contributed by atoms with van der Waals surface area (Å²) in [5.41, 5.74) is 0.438. The molecule has 1 unspecified atom stereocenters. The number of rotatable bonds is 4. The van der Waals surface area contributed by atoms with Crippen LogP contribution in [0.1, 0.15) is 21.8 Å². The molecule has 1 saturated heterocycles. The molecule has 1 fully saturated rings. The summed E-state index contributed by atoms with van der Waals surface area (Å²) in [5, 5.41) is 0.909. The number of aryl methyl sites for hydroxylation is 1. The molecule has 1 atom stereocenters. The number of hydrogen-bond donors (Lipinski definition) is 0. The zero-order valence-electron chi connectivity index (χ0n) is 10.9. The molecule has 0 N–H and O–H groups in total. The largest absolute Gasteiger partial charge is 0.464 e. The highest BCUT2D eigenvalue weighted by Crippen LogP contribution is 2.30. The Morgan fingerprint density at radius 1 is 1.56 bits per heavy atom. The van der Waals surface area contributed by atoms with Crippen LogP contribution in [0.4, 0.5) is 5.13 Å². The van der Waals surface area contributed by atoms with Crippen LogP contribution in [0.5, 0.6) is 0 Å². The van der Waals surface area contributed by atoms with Crippen LogP contribution in [0.2, 0.25) is 0 Å². The van der Waals surface area contributed by atoms with Gasteiger partial charge in [-0.3, -0.25) is 0 Å². The fourth-order valence-corrected chi connectivity index (χ4v) is 3.11. The summed E-state index contributed by atoms with van der Waals surface area (Å²) in [6, 6.07) is 0. The molecule has 0 saturated carbocycles. The van der Waals surface area contributed by atoms with Gasteiger partial charge in [-0.2, -0.15) is 0 Å². The second kappa shape index (κ2) is 5.67. The lowest BCUT2D eigenvalue weighted by Gasteiger charge is -2.14. The van der Waals surface area contributed by atoms with E-state index in [1.807, 2.05) is 6.92 Å². The van der Waals surface area contributed by atoms with Crippen LogP contribution in [0, 0.1) is 12.8 Å². The van der Waals surface area contributed by atoms with Crippen molar-refractivity contribution in [3.8, 4) is 0 Å². The Morgan fingerprint density at radius 2 is 2.33 bits per heavy atom. The molecule has 2 heterocycles. The molecule has 0 amide bonds. The molecule has 0 aromatic carbocycles. The summed E-state index contributed by atoms with van der Waals surface area (Å²) in [6.45, 7) is 4.60. The van der Waals surface area contributed by atoms with Gasteiger partial charge < -0.3 is 14.4 Å². The first-order valence-corrected chi connectivity index (χ1v) is 6.77. The smallest absolute Gasteiger partial charge is 0.357 e. The predicted octanol–water partition coefficient (Wildman–Crippen LogP) is 1.71. The average Bonchev–Trinajstić information content (AvgIpc) is 2.95. The number of hydrogen-bond acceptors (Lipinski definition) is 6. The van der Waals surface area contributed by atoms with Crippen molar-refractivity contribution in [3.63, 3.8) is 0 Å². The maximum atomic E-state index is 11.5. The molecule has 2 rings (SSSR count). The Labute approximate surface area is 111 Å². The lowest BCUT2D eigenvalue weighted by Crippen LogP contribution is -2.21. The van der Waals surface area contributed by atoms with E-state index in [9.17, 15) is 4.79 Å². The number of nitrogens with zero attached hydrogens (tertiary/aromatic N) is 2. The third-order valence-corrected chi connectivity index (χ3v) is 4.15. The van der Waals surface area contributed by atoms with Crippen LogP contribution in [0.3, 0.4) is 0 Å². The maximum Gasteiger partial charge on any atom is 0.357 e. The highest BCUT2D eigenvalue weighted by atomic mass is 32.1. The summed E-state index contributed by atoms with van der Waals surface area (Å²) < 4.78 is 9.90. The van der Waals surface area contributed by atoms with E-state index in [2.05, 4.69) is 9.88 Å². The van der Waals surface area contributed by atoms with Gasteiger partial charge >= 0.3 is 5.97 Å². The molecule has 0 radical (unpaired) electrons. The van der Waals surface area contributed by atoms with Crippen molar-refractivity contribution < 1.29 is 14.3 Å². The monoisotopic (exact) mass is 270 g/mol. The first kappa shape index (κ1) is 13.3. The van der Waals surface area contributed by atoms with Crippen molar-refractivity contribution in [2.45, 2.75) is 13.3 Å². The Hall–Kier alpha value is -1.14. The minimum Gasteiger partial charge on any atom is -0.464 e. The lowest BCUT2D eigenvalue weighted by molar-refractivity contribution is 0.0594. The van der Waals surface area contributed by atoms with E-state index < -0.39 is 0 Å². The minimum atomic E-state index is -0.359. The summed E-state index contributed by atoms with van der Waals surface area (Å²) in [6.07, 6.45) is 1.11. The molecule has 0 bridgehead atoms. The fraction of sp³-hybridized carbons (Fsp3) is 0.667. The van der Waals surface area contributed by atoms with E-state index >= 15 is 0 Å². The number of carbonyl (C=O) groups excluding carboxylic acids is 1. The number of thiazole rings is 1. The lowest BCUT2D eigenvalue weighted by atomic mass is 10.1. The second-order valence-corrected chi connectivity index (χ2v) is 5.63. The quantitative estimate of drug-likeness (QED) is 0.780. The van der Waals surface area contributed by atoms with Crippen molar-refractivity contribution in [2.75, 3.05) is 38.8 Å². The van der Waals surface area contributed by atoms with Crippen LogP contribution >= 0.6 is 11.3 Å². The molecule has 5 nitrogen and oxygen atoms in total. The molecule has 1 aliphatic rings. The number of ether oxygens (including phenoxy) is 2. The van der Waals surface area contributed by atoms with E-state index in [1.165, 1.54) is 7.11 Å². The van der Waals surface area contributed by atoms with Gasteiger partial charge in [-0.15, -0.1) is 11.3 Å². The molecule has 0 aliphatic carbocycles. The van der Waals surface area contributed by atoms with Gasteiger partial charge in [0, 0.05) is 31.0 Å². The van der Waals surface area contributed by atoms with Crippen molar-refractivity contribution in [1.29, 1.82) is 0 Å². The zero-order valence-corrected chi connectivity index (χ0v) is 11.7. The van der Waals surface area contributed by atoms with Crippen molar-refractivity contribution in [3.05, 3.63) is 10.6 Å². The highest BCUT2D eigenvalue weighted by molar-refractivity contribution is 7.15. The zero-order chi connectivity index (χ0) is 13.1. The van der Waals surface area contributed by atoms with Gasteiger partial charge in [-0.05, 0) is 13.3 Å². The number of anilines is 1. The van der Waals surface area contributed by atoms with Gasteiger partial charge in [-0.25, -0.2) is 9.78 Å². The molecule has 1 aromatic rings. The van der Waals surface area contributed by atoms with Gasteiger partial charge in [0.2, 0.25) is 0 Å². The number of aromatic nitrogens is 1. The molecule has 0 spiro atoms. The molecule has 100 valence electrons. The van der Waals surface area contributed by atoms with Crippen LogP contribution in [-0.2, 0) is 9.47 Å². The Kier molecular flexibility index (Phi) is 4.19. The molecular formula is C12H18N2O3S. The van der Waals surface area contributed by atoms with Crippen molar-refractivity contribution in [1.82, 2.24) is 4.98 Å². The SMILES string of the molecule is COCC1CCN(c2nc(C(=O)OC)c(C)s2)C1. The minimum absolute atomic E-state index is 0.359. The third kappa shape index (κ3) is 2.64. The van der Waals surface area contributed by atoms with Gasteiger partial charge in [0.05, 0.1) is 13.7 Å². The molecule has 6 heteroatoms. The summed E-state index contributed by atoms with van der Waals surface area (Å²) in [4.78, 5) is 19.0. The van der Waals surface area contributed by atoms with E-state index in [1.54, 1.807) is 18.4 Å². The highest BCUT2D eigenvalue weighted by Gasteiger charge is 2.26. The Balaban J connectivity index is 2.08. The third-order valence-electron chi connectivity index (χ3n) is 3.12. The summed E-state index contributed by atoms with van der Waals surface area (Å²) >= 11 is 1.55. The van der Waals surface area contributed by atoms with E-state index in [0.29, 0.717) is 11.6 Å². The van der Waals surface area contributed by atoms with E-state index in [-0.39, 0.29) is 5.97 Å². The Morgan fingerprint density at radius 3 is 3.00 bits per heavy atom. The first-order valence-electron chi connectivity index (χ1n) is 5.95. The number of carbonyl (C=O) groups is 1. The molecule has 18 heavy (non-hydrogen) atoms. The van der Waals surface area contributed by atoms with Gasteiger partial charge in [0.1, 0.15) is 0 Å². The topological polar surface area (TPSA) is 51.7 Å². The first-order chi connectivity index (χ1) is 8.65. The second-order valence-electron chi connectivity index (χ2n) is 4.45. The standard InChI is InChI=1S/C12H18N2O3S/c1-8-10(11(15)17-3)13-12(18-8)14-5-4-9(6-14)7-16-2/h9H,4-7H2,1-3H3. The van der Waals surface area contributed by atoms with Crippen LogP contribution in [0.15, 0.2) is 0 Å². The van der Waals surface area contributed by atoms with Gasteiger partial charge in [0.15, 0.2) is 10.8 Å². The molecular weight excluding hydrogens is 252 g/mol. The number of esters is 1. The predicted molar refractivity (Wildman–Crippen MR) is 70.4 cm³/mol. The number of methoxy groups -OCH3 is 2. The maximum absolute atomic E-state index is 11.5. The molecule has 1 aromatic heterocycles. The van der Waals surface area contributed by atoms with E-state index in [4.69, 9.17) is 9.47 Å². The van der Waals surface area contributed by atoms with Crippen LogP contribution in [0.25, 0.3) is 0 Å².